The van der Waals surface area contributed by atoms with Gasteiger partial charge in [-0.1, -0.05) is 0 Å². The smallest absolute Gasteiger partial charge is 0.241 e. The molecule has 1 amide bonds. The third-order valence-corrected chi connectivity index (χ3v) is 3.60. The number of benzene rings is 1. The lowest BCUT2D eigenvalue weighted by molar-refractivity contribution is -0.117. The minimum atomic E-state index is -0.516. The van der Waals surface area contributed by atoms with Crippen LogP contribution >= 0.6 is 12.4 Å². The van der Waals surface area contributed by atoms with Gasteiger partial charge in [0.15, 0.2) is 5.82 Å². The number of nitrogens with one attached hydrogen (secondary N) is 2. The molecule has 23 heavy (non-hydrogen) atoms. The highest BCUT2D eigenvalue weighted by atomic mass is 35.5. The molecule has 2 atom stereocenters. The lowest BCUT2D eigenvalue weighted by atomic mass is 10.2. The van der Waals surface area contributed by atoms with Crippen LogP contribution in [0.25, 0.3) is 5.69 Å². The Morgan fingerprint density at radius 3 is 2.87 bits per heavy atom. The van der Waals surface area contributed by atoms with Gasteiger partial charge in [0.1, 0.15) is 5.69 Å². The van der Waals surface area contributed by atoms with Gasteiger partial charge in [-0.05, 0) is 37.1 Å². The Bertz CT molecular complexity index is 707. The first-order chi connectivity index (χ1) is 10.5. The van der Waals surface area contributed by atoms with Crippen LogP contribution in [0.4, 0.5) is 10.1 Å². The second-order valence-corrected chi connectivity index (χ2v) is 5.47. The minimum absolute atomic E-state index is 0. The molecular weight excluding hydrogens is 323 g/mol. The predicted molar refractivity (Wildman–Crippen MR) is 86.6 cm³/mol. The van der Waals surface area contributed by atoms with E-state index in [0.717, 1.165) is 5.56 Å². The second kappa shape index (κ2) is 7.08. The van der Waals surface area contributed by atoms with Gasteiger partial charge in [-0.3, -0.25) is 4.79 Å². The summed E-state index contributed by atoms with van der Waals surface area (Å²) >= 11 is 0. The number of halogens is 2. The number of β-amino-alcohol motifs (C(OH)–C–C–N with tert-alkyl or cyclic N) is 1. The van der Waals surface area contributed by atoms with Gasteiger partial charge in [0.05, 0.1) is 18.3 Å². The van der Waals surface area contributed by atoms with E-state index >= 15 is 0 Å². The molecule has 1 aliphatic rings. The van der Waals surface area contributed by atoms with E-state index in [0.29, 0.717) is 24.3 Å². The van der Waals surface area contributed by atoms with Crippen LogP contribution in [0, 0.1) is 12.7 Å². The molecule has 2 heterocycles. The highest BCUT2D eigenvalue weighted by Gasteiger charge is 2.28. The van der Waals surface area contributed by atoms with E-state index in [1.165, 1.54) is 10.7 Å². The van der Waals surface area contributed by atoms with Crippen molar-refractivity contribution in [3.63, 3.8) is 0 Å². The number of aliphatic hydroxyl groups excluding tert-OH is 1. The molecule has 0 spiro atoms. The highest BCUT2D eigenvalue weighted by Crippen LogP contribution is 2.19. The maximum atomic E-state index is 14.2. The van der Waals surface area contributed by atoms with Crippen molar-refractivity contribution in [1.82, 2.24) is 15.1 Å². The van der Waals surface area contributed by atoms with Crippen LogP contribution in [0.5, 0.6) is 0 Å². The number of amides is 1. The molecule has 2 unspecified atom stereocenters. The standard InChI is InChI=1S/C15H17FN4O2.ClH/c1-9-6-18-20(8-9)14-3-2-10(4-12(14)16)19-15(22)13-5-11(21)7-17-13;/h2-4,6,8,11,13,17,21H,5,7H2,1H3,(H,19,22);1H. The molecule has 2 aromatic rings. The van der Waals surface area contributed by atoms with Crippen LogP contribution in [0.15, 0.2) is 30.6 Å². The molecule has 0 saturated carbocycles. The number of nitrogens with zero attached hydrogens (tertiary/aromatic N) is 2. The molecule has 0 radical (unpaired) electrons. The highest BCUT2D eigenvalue weighted by molar-refractivity contribution is 5.95. The Hall–Kier alpha value is -1.96. The van der Waals surface area contributed by atoms with Gasteiger partial charge < -0.3 is 15.7 Å². The van der Waals surface area contributed by atoms with E-state index < -0.39 is 18.0 Å². The first-order valence-electron chi connectivity index (χ1n) is 7.06. The Balaban J connectivity index is 0.00000192. The molecule has 124 valence electrons. The molecule has 1 aromatic heterocycles. The molecule has 3 N–H and O–H groups in total. The number of hydrogen-bond donors (Lipinski definition) is 3. The largest absolute Gasteiger partial charge is 0.392 e. The van der Waals surface area contributed by atoms with Gasteiger partial charge in [-0.25, -0.2) is 9.07 Å². The summed E-state index contributed by atoms with van der Waals surface area (Å²) in [6.45, 7) is 2.27. The van der Waals surface area contributed by atoms with E-state index in [2.05, 4.69) is 15.7 Å². The van der Waals surface area contributed by atoms with Crippen LogP contribution in [0.3, 0.4) is 0 Å². The van der Waals surface area contributed by atoms with E-state index in [4.69, 9.17) is 0 Å². The van der Waals surface area contributed by atoms with Crippen LogP contribution in [0.1, 0.15) is 12.0 Å². The van der Waals surface area contributed by atoms with Crippen molar-refractivity contribution in [2.75, 3.05) is 11.9 Å². The Morgan fingerprint density at radius 1 is 1.52 bits per heavy atom. The molecule has 1 aliphatic heterocycles. The normalized spacial score (nSPS) is 20.1. The van der Waals surface area contributed by atoms with Crippen molar-refractivity contribution in [3.05, 3.63) is 42.0 Å². The number of aromatic nitrogens is 2. The fourth-order valence-electron chi connectivity index (χ4n) is 2.46. The molecule has 0 aliphatic carbocycles. The van der Waals surface area contributed by atoms with Gasteiger partial charge in [0.2, 0.25) is 5.91 Å². The van der Waals surface area contributed by atoms with Crippen molar-refractivity contribution in [2.45, 2.75) is 25.5 Å². The van der Waals surface area contributed by atoms with Crippen LogP contribution in [-0.2, 0) is 4.79 Å². The van der Waals surface area contributed by atoms with E-state index in [-0.39, 0.29) is 18.3 Å². The number of anilines is 1. The van der Waals surface area contributed by atoms with E-state index in [1.54, 1.807) is 24.5 Å². The molecule has 8 heteroatoms. The van der Waals surface area contributed by atoms with Crippen molar-refractivity contribution in [2.24, 2.45) is 0 Å². The topological polar surface area (TPSA) is 79.2 Å². The van der Waals surface area contributed by atoms with Gasteiger partial charge in [0.25, 0.3) is 0 Å². The average Bonchev–Trinajstić information content (AvgIpc) is 3.08. The minimum Gasteiger partial charge on any atom is -0.392 e. The van der Waals surface area contributed by atoms with Gasteiger partial charge in [-0.15, -0.1) is 12.4 Å². The zero-order chi connectivity index (χ0) is 15.7. The van der Waals surface area contributed by atoms with Crippen molar-refractivity contribution in [1.29, 1.82) is 0 Å². The maximum absolute atomic E-state index is 14.2. The number of rotatable bonds is 3. The van der Waals surface area contributed by atoms with Crippen LogP contribution < -0.4 is 10.6 Å². The molecule has 1 saturated heterocycles. The Kier molecular flexibility index (Phi) is 5.35. The number of aryl methyl sites for hydroxylation is 1. The fourth-order valence-corrected chi connectivity index (χ4v) is 2.46. The predicted octanol–water partition coefficient (Wildman–Crippen LogP) is 1.40. The van der Waals surface area contributed by atoms with Crippen molar-refractivity contribution in [3.8, 4) is 5.69 Å². The zero-order valence-corrected chi connectivity index (χ0v) is 13.3. The number of carbonyl (C=O) groups excluding carboxylic acids is 1. The summed E-state index contributed by atoms with van der Waals surface area (Å²) in [5.74, 6) is -0.751. The molecule has 1 aromatic carbocycles. The SMILES string of the molecule is Cc1cnn(-c2ccc(NC(=O)C3CC(O)CN3)cc2F)c1.Cl. The molecule has 3 rings (SSSR count). The van der Waals surface area contributed by atoms with Gasteiger partial charge in [-0.2, -0.15) is 5.10 Å². The van der Waals surface area contributed by atoms with Crippen molar-refractivity contribution >= 4 is 24.0 Å². The molecule has 6 nitrogen and oxygen atoms in total. The second-order valence-electron chi connectivity index (χ2n) is 5.47. The fraction of sp³-hybridized carbons (Fsp3) is 0.333. The number of hydrogen-bond acceptors (Lipinski definition) is 4. The third-order valence-electron chi connectivity index (χ3n) is 3.60. The summed E-state index contributed by atoms with van der Waals surface area (Å²) in [5, 5.41) is 19.0. The summed E-state index contributed by atoms with van der Waals surface area (Å²) in [6, 6.07) is 3.99. The number of aliphatic hydroxyl groups is 1. The van der Waals surface area contributed by atoms with Gasteiger partial charge >= 0.3 is 0 Å². The van der Waals surface area contributed by atoms with Gasteiger partial charge in [0, 0.05) is 18.4 Å². The molecule has 0 bridgehead atoms. The quantitative estimate of drug-likeness (QED) is 0.789. The monoisotopic (exact) mass is 340 g/mol. The molecule has 1 fully saturated rings. The summed E-state index contributed by atoms with van der Waals surface area (Å²) in [7, 11) is 0. The van der Waals surface area contributed by atoms with E-state index in [1.807, 2.05) is 6.92 Å². The lowest BCUT2D eigenvalue weighted by Gasteiger charge is -2.12. The first-order valence-corrected chi connectivity index (χ1v) is 7.06. The van der Waals surface area contributed by atoms with E-state index in [9.17, 15) is 14.3 Å². The number of carbonyl (C=O) groups is 1. The zero-order valence-electron chi connectivity index (χ0n) is 12.5. The molecular formula is C15H18ClFN4O2. The summed E-state index contributed by atoms with van der Waals surface area (Å²) in [5.41, 5.74) is 1.63. The lowest BCUT2D eigenvalue weighted by Crippen LogP contribution is -2.35. The summed E-state index contributed by atoms with van der Waals surface area (Å²) in [4.78, 5) is 12.0. The van der Waals surface area contributed by atoms with Crippen molar-refractivity contribution < 1.29 is 14.3 Å². The summed E-state index contributed by atoms with van der Waals surface area (Å²) < 4.78 is 15.6. The Morgan fingerprint density at radius 2 is 2.30 bits per heavy atom. The van der Waals surface area contributed by atoms with Crippen LogP contribution in [0.2, 0.25) is 0 Å². The third kappa shape index (κ3) is 3.87. The first kappa shape index (κ1) is 17.4. The summed E-state index contributed by atoms with van der Waals surface area (Å²) in [6.07, 6.45) is 3.21. The maximum Gasteiger partial charge on any atom is 0.241 e. The average molecular weight is 341 g/mol. The van der Waals surface area contributed by atoms with Crippen LogP contribution in [-0.4, -0.2) is 39.5 Å². The Labute approximate surface area is 139 Å².